The first-order chi connectivity index (χ1) is 8.49. The summed E-state index contributed by atoms with van der Waals surface area (Å²) >= 11 is 0. The van der Waals surface area contributed by atoms with Crippen molar-refractivity contribution in [2.24, 2.45) is 5.92 Å². The Balaban J connectivity index is 2.24. The van der Waals surface area contributed by atoms with E-state index in [0.29, 0.717) is 6.42 Å². The molecular weight excluding hydrogens is 226 g/mol. The third-order valence-corrected chi connectivity index (χ3v) is 4.24. The van der Waals surface area contributed by atoms with Crippen molar-refractivity contribution in [3.05, 3.63) is 0 Å². The van der Waals surface area contributed by atoms with Crippen LogP contribution >= 0.6 is 0 Å². The largest absolute Gasteiger partial charge is 0.371 e. The normalized spacial score (nSPS) is 19.1. The maximum atomic E-state index is 12.0. The summed E-state index contributed by atoms with van der Waals surface area (Å²) in [5, 5.41) is 0. The van der Waals surface area contributed by atoms with Crippen molar-refractivity contribution in [1.29, 1.82) is 0 Å². The van der Waals surface area contributed by atoms with Gasteiger partial charge in [0.05, 0.1) is 0 Å². The molecule has 0 radical (unpaired) electrons. The number of nitrogens with zero attached hydrogens (tertiary/aromatic N) is 1. The van der Waals surface area contributed by atoms with Gasteiger partial charge in [-0.15, -0.1) is 0 Å². The van der Waals surface area contributed by atoms with E-state index in [2.05, 4.69) is 11.8 Å². The topological polar surface area (TPSA) is 29.5 Å². The molecule has 1 heterocycles. The smallest absolute Gasteiger partial charge is 0.165 e. The third-order valence-electron chi connectivity index (χ3n) is 4.24. The van der Waals surface area contributed by atoms with Crippen LogP contribution < -0.4 is 0 Å². The van der Waals surface area contributed by atoms with Crippen LogP contribution in [-0.4, -0.2) is 43.0 Å². The van der Waals surface area contributed by atoms with E-state index in [9.17, 15) is 4.79 Å². The molecule has 0 unspecified atom stereocenters. The number of hydrogen-bond donors (Lipinski definition) is 0. The van der Waals surface area contributed by atoms with E-state index in [1.807, 2.05) is 13.8 Å². The Bertz CT molecular complexity index is 255. The van der Waals surface area contributed by atoms with Gasteiger partial charge in [0.25, 0.3) is 0 Å². The first-order valence-corrected chi connectivity index (χ1v) is 7.30. The molecule has 0 amide bonds. The second kappa shape index (κ2) is 7.25. The van der Waals surface area contributed by atoms with Crippen molar-refractivity contribution in [3.63, 3.8) is 0 Å². The number of Topliss-reactive ketones (excluding diaryl/α,β-unsaturated/α-hetero) is 1. The zero-order valence-electron chi connectivity index (χ0n) is 12.5. The molecule has 0 aromatic heterocycles. The first kappa shape index (κ1) is 15.6. The Labute approximate surface area is 112 Å². The molecule has 1 saturated heterocycles. The Morgan fingerprint density at radius 3 is 2.44 bits per heavy atom. The van der Waals surface area contributed by atoms with Gasteiger partial charge in [-0.2, -0.15) is 0 Å². The lowest BCUT2D eigenvalue weighted by Crippen LogP contribution is -2.39. The number of likely N-dealkylation sites (tertiary alicyclic amines) is 1. The van der Waals surface area contributed by atoms with Gasteiger partial charge in [-0.05, 0) is 45.7 Å². The number of ketones is 1. The predicted octanol–water partition coefficient (Wildman–Crippen LogP) is 2.88. The van der Waals surface area contributed by atoms with Gasteiger partial charge in [0.1, 0.15) is 5.60 Å². The van der Waals surface area contributed by atoms with Crippen LogP contribution in [0.15, 0.2) is 0 Å². The van der Waals surface area contributed by atoms with Gasteiger partial charge < -0.3 is 9.64 Å². The molecule has 0 aliphatic carbocycles. The second-order valence-electron chi connectivity index (χ2n) is 5.96. The zero-order valence-corrected chi connectivity index (χ0v) is 12.5. The molecule has 0 spiro atoms. The molecular formula is C15H29NO2. The highest BCUT2D eigenvalue weighted by molar-refractivity contribution is 5.86. The molecule has 3 heteroatoms. The summed E-state index contributed by atoms with van der Waals surface area (Å²) in [5.41, 5.74) is -0.624. The molecule has 0 N–H and O–H groups in total. The van der Waals surface area contributed by atoms with Gasteiger partial charge >= 0.3 is 0 Å². The average molecular weight is 255 g/mol. The van der Waals surface area contributed by atoms with Crippen molar-refractivity contribution >= 4 is 5.78 Å². The fraction of sp³-hybridized carbons (Fsp3) is 0.933. The summed E-state index contributed by atoms with van der Waals surface area (Å²) < 4.78 is 5.22. The number of piperidine rings is 1. The lowest BCUT2D eigenvalue weighted by Gasteiger charge is -2.32. The highest BCUT2D eigenvalue weighted by atomic mass is 16.5. The molecule has 106 valence electrons. The second-order valence-corrected chi connectivity index (χ2v) is 5.96. The molecule has 0 atom stereocenters. The molecule has 0 bridgehead atoms. The van der Waals surface area contributed by atoms with Gasteiger partial charge in [-0.1, -0.05) is 19.8 Å². The first-order valence-electron chi connectivity index (χ1n) is 7.30. The Hall–Kier alpha value is -0.410. The lowest BCUT2D eigenvalue weighted by atomic mass is 9.92. The number of rotatable bonds is 7. The quantitative estimate of drug-likeness (QED) is 0.700. The fourth-order valence-electron chi connectivity index (χ4n) is 2.58. The Kier molecular flexibility index (Phi) is 6.30. The molecule has 1 fully saturated rings. The number of ether oxygens (including phenoxy) is 1. The molecule has 18 heavy (non-hydrogen) atoms. The highest BCUT2D eigenvalue weighted by Crippen LogP contribution is 2.22. The maximum absolute atomic E-state index is 12.0. The van der Waals surface area contributed by atoms with Gasteiger partial charge in [0.15, 0.2) is 5.78 Å². The van der Waals surface area contributed by atoms with Gasteiger partial charge in [0.2, 0.25) is 0 Å². The van der Waals surface area contributed by atoms with Gasteiger partial charge in [0, 0.05) is 20.1 Å². The zero-order chi connectivity index (χ0) is 13.6. The SMILES string of the molecule is CCCC1CCN(CCC(=O)C(C)(C)OC)CC1. The van der Waals surface area contributed by atoms with Gasteiger partial charge in [-0.25, -0.2) is 0 Å². The van der Waals surface area contributed by atoms with Crippen molar-refractivity contribution in [1.82, 2.24) is 4.90 Å². The van der Waals surface area contributed by atoms with E-state index < -0.39 is 5.60 Å². The fourth-order valence-corrected chi connectivity index (χ4v) is 2.58. The summed E-state index contributed by atoms with van der Waals surface area (Å²) in [5.74, 6) is 1.12. The van der Waals surface area contributed by atoms with E-state index >= 15 is 0 Å². The third kappa shape index (κ3) is 4.69. The van der Waals surface area contributed by atoms with Crippen LogP contribution in [0.1, 0.15) is 52.9 Å². The Morgan fingerprint density at radius 1 is 1.33 bits per heavy atom. The molecule has 0 saturated carbocycles. The van der Waals surface area contributed by atoms with Crippen LogP contribution in [0.25, 0.3) is 0 Å². The summed E-state index contributed by atoms with van der Waals surface area (Å²) in [6.07, 6.45) is 5.87. The number of carbonyl (C=O) groups is 1. The summed E-state index contributed by atoms with van der Waals surface area (Å²) in [6.45, 7) is 9.17. The summed E-state index contributed by atoms with van der Waals surface area (Å²) in [6, 6.07) is 0. The van der Waals surface area contributed by atoms with Crippen molar-refractivity contribution in [2.45, 2.75) is 58.5 Å². The van der Waals surface area contributed by atoms with Crippen LogP contribution in [0.4, 0.5) is 0 Å². The number of carbonyl (C=O) groups excluding carboxylic acids is 1. The van der Waals surface area contributed by atoms with Crippen molar-refractivity contribution in [2.75, 3.05) is 26.7 Å². The monoisotopic (exact) mass is 255 g/mol. The molecule has 3 nitrogen and oxygen atoms in total. The van der Waals surface area contributed by atoms with Gasteiger partial charge in [-0.3, -0.25) is 4.79 Å². The van der Waals surface area contributed by atoms with Crippen molar-refractivity contribution < 1.29 is 9.53 Å². The van der Waals surface area contributed by atoms with Crippen LogP contribution in [-0.2, 0) is 9.53 Å². The molecule has 1 aliphatic heterocycles. The minimum absolute atomic E-state index is 0.209. The predicted molar refractivity (Wildman–Crippen MR) is 74.8 cm³/mol. The van der Waals surface area contributed by atoms with E-state index in [-0.39, 0.29) is 5.78 Å². The minimum Gasteiger partial charge on any atom is -0.371 e. The highest BCUT2D eigenvalue weighted by Gasteiger charge is 2.27. The van der Waals surface area contributed by atoms with E-state index in [1.54, 1.807) is 7.11 Å². The van der Waals surface area contributed by atoms with Crippen molar-refractivity contribution in [3.8, 4) is 0 Å². The van der Waals surface area contributed by atoms with Crippen LogP contribution in [0, 0.1) is 5.92 Å². The standard InChI is InChI=1S/C15H29NO2/c1-5-6-13-7-10-16(11-8-13)12-9-14(17)15(2,3)18-4/h13H,5-12H2,1-4H3. The lowest BCUT2D eigenvalue weighted by molar-refractivity contribution is -0.137. The minimum atomic E-state index is -0.624. The van der Waals surface area contributed by atoms with E-state index in [0.717, 1.165) is 25.6 Å². The average Bonchev–Trinajstić information content (AvgIpc) is 2.38. The number of methoxy groups -OCH3 is 1. The molecule has 0 aromatic rings. The molecule has 0 aromatic carbocycles. The number of hydrogen-bond acceptors (Lipinski definition) is 3. The molecule has 1 rings (SSSR count). The van der Waals surface area contributed by atoms with Crippen LogP contribution in [0.5, 0.6) is 0 Å². The summed E-state index contributed by atoms with van der Waals surface area (Å²) in [7, 11) is 1.61. The van der Waals surface area contributed by atoms with Crippen LogP contribution in [0.2, 0.25) is 0 Å². The maximum Gasteiger partial charge on any atom is 0.165 e. The Morgan fingerprint density at radius 2 is 1.94 bits per heavy atom. The summed E-state index contributed by atoms with van der Waals surface area (Å²) in [4.78, 5) is 14.4. The van der Waals surface area contributed by atoms with Crippen LogP contribution in [0.3, 0.4) is 0 Å². The van der Waals surface area contributed by atoms with E-state index in [1.165, 1.54) is 25.7 Å². The molecule has 1 aliphatic rings. The van der Waals surface area contributed by atoms with E-state index in [4.69, 9.17) is 4.74 Å².